The van der Waals surface area contributed by atoms with E-state index in [0.717, 1.165) is 0 Å². The third-order valence-electron chi connectivity index (χ3n) is 2.52. The quantitative estimate of drug-likeness (QED) is 0.820. The van der Waals surface area contributed by atoms with Crippen molar-refractivity contribution in [2.24, 2.45) is 0 Å². The molecule has 0 amide bonds. The first-order chi connectivity index (χ1) is 7.24. The number of hydrogen-bond donors (Lipinski definition) is 2. The van der Waals surface area contributed by atoms with E-state index in [1.165, 1.54) is 6.26 Å². The summed E-state index contributed by atoms with van der Waals surface area (Å²) >= 11 is 0. The van der Waals surface area contributed by atoms with Crippen LogP contribution < -0.4 is 11.1 Å². The first kappa shape index (κ1) is 12.8. The Hall–Kier alpha value is -1.30. The summed E-state index contributed by atoms with van der Waals surface area (Å²) in [6.45, 7) is 3.59. The smallest absolute Gasteiger partial charge is 0.154 e. The van der Waals surface area contributed by atoms with Crippen LogP contribution in [-0.4, -0.2) is 30.9 Å². The molecule has 6 heteroatoms. The minimum absolute atomic E-state index is 0.271. The van der Waals surface area contributed by atoms with E-state index in [4.69, 9.17) is 5.73 Å². The molecule has 0 saturated carbocycles. The van der Waals surface area contributed by atoms with Crippen LogP contribution in [0.1, 0.15) is 13.8 Å². The maximum Gasteiger partial charge on any atom is 0.154 e. The average molecular weight is 243 g/mol. The third-order valence-corrected chi connectivity index (χ3v) is 4.68. The highest BCUT2D eigenvalue weighted by Gasteiger charge is 2.30. The highest BCUT2D eigenvalue weighted by atomic mass is 32.2. The van der Waals surface area contributed by atoms with Crippen LogP contribution in [-0.2, 0) is 9.84 Å². The predicted octanol–water partition coefficient (Wildman–Crippen LogP) is 0.899. The van der Waals surface area contributed by atoms with Crippen LogP contribution >= 0.6 is 0 Å². The Labute approximate surface area is 96.0 Å². The molecule has 0 aromatic carbocycles. The number of nitrogen functional groups attached to an aromatic ring is 1. The molecule has 0 unspecified atom stereocenters. The number of pyridine rings is 1. The van der Waals surface area contributed by atoms with Crippen molar-refractivity contribution in [3.8, 4) is 0 Å². The van der Waals surface area contributed by atoms with Crippen molar-refractivity contribution < 1.29 is 8.42 Å². The number of nitrogens with two attached hydrogens (primary N) is 1. The van der Waals surface area contributed by atoms with Crippen LogP contribution in [0.5, 0.6) is 0 Å². The van der Waals surface area contributed by atoms with Crippen molar-refractivity contribution in [2.75, 3.05) is 23.9 Å². The molecule has 90 valence electrons. The lowest BCUT2D eigenvalue weighted by Gasteiger charge is -2.23. The number of anilines is 2. The van der Waals surface area contributed by atoms with Gasteiger partial charge in [-0.25, -0.2) is 13.4 Å². The zero-order chi connectivity index (χ0) is 12.4. The van der Waals surface area contributed by atoms with E-state index in [2.05, 4.69) is 10.3 Å². The molecule has 1 aromatic rings. The number of nitrogens with one attached hydrogen (secondary N) is 1. The van der Waals surface area contributed by atoms with E-state index < -0.39 is 14.6 Å². The Morgan fingerprint density at radius 3 is 2.62 bits per heavy atom. The molecule has 0 aliphatic heterocycles. The van der Waals surface area contributed by atoms with Gasteiger partial charge in [0.05, 0.1) is 10.4 Å². The molecule has 0 aliphatic rings. The molecule has 0 fully saturated rings. The second-order valence-corrected chi connectivity index (χ2v) is 6.98. The first-order valence-electron chi connectivity index (χ1n) is 4.88. The van der Waals surface area contributed by atoms with Gasteiger partial charge in [0.25, 0.3) is 0 Å². The van der Waals surface area contributed by atoms with Crippen molar-refractivity contribution >= 4 is 21.3 Å². The molecule has 1 rings (SSSR count). The fourth-order valence-electron chi connectivity index (χ4n) is 0.993. The van der Waals surface area contributed by atoms with Gasteiger partial charge in [0, 0.05) is 19.0 Å². The van der Waals surface area contributed by atoms with Gasteiger partial charge < -0.3 is 11.1 Å². The van der Waals surface area contributed by atoms with Gasteiger partial charge in [0.2, 0.25) is 0 Å². The highest BCUT2D eigenvalue weighted by Crippen LogP contribution is 2.18. The zero-order valence-corrected chi connectivity index (χ0v) is 10.5. The molecule has 0 saturated heterocycles. The normalized spacial score (nSPS) is 12.4. The van der Waals surface area contributed by atoms with E-state index in [1.54, 1.807) is 32.2 Å². The summed E-state index contributed by atoms with van der Waals surface area (Å²) in [6.07, 6.45) is 2.82. The Morgan fingerprint density at radius 2 is 2.12 bits per heavy atom. The molecule has 0 bridgehead atoms. The summed E-state index contributed by atoms with van der Waals surface area (Å²) in [5, 5.41) is 2.94. The number of nitrogens with zero attached hydrogens (tertiary/aromatic N) is 1. The maximum atomic E-state index is 11.5. The lowest BCUT2D eigenvalue weighted by molar-refractivity contribution is 0.559. The van der Waals surface area contributed by atoms with Gasteiger partial charge in [-0.3, -0.25) is 0 Å². The summed E-state index contributed by atoms with van der Waals surface area (Å²) in [5.41, 5.74) is 6.19. The van der Waals surface area contributed by atoms with Gasteiger partial charge in [0.1, 0.15) is 5.82 Å². The van der Waals surface area contributed by atoms with Gasteiger partial charge in [-0.2, -0.15) is 0 Å². The first-order valence-corrected chi connectivity index (χ1v) is 6.77. The largest absolute Gasteiger partial charge is 0.396 e. The summed E-state index contributed by atoms with van der Waals surface area (Å²) in [4.78, 5) is 4.03. The predicted molar refractivity (Wildman–Crippen MR) is 66.1 cm³/mol. The average Bonchev–Trinajstić information content (AvgIpc) is 2.15. The van der Waals surface area contributed by atoms with Gasteiger partial charge in [0.15, 0.2) is 9.84 Å². The molecule has 1 aromatic heterocycles. The van der Waals surface area contributed by atoms with Crippen molar-refractivity contribution in [1.29, 1.82) is 0 Å². The molecule has 3 N–H and O–H groups in total. The Balaban J connectivity index is 2.77. The lowest BCUT2D eigenvalue weighted by atomic mass is 10.2. The van der Waals surface area contributed by atoms with Crippen molar-refractivity contribution in [2.45, 2.75) is 18.6 Å². The van der Waals surface area contributed by atoms with Crippen LogP contribution in [0.4, 0.5) is 11.5 Å². The van der Waals surface area contributed by atoms with Gasteiger partial charge in [-0.15, -0.1) is 0 Å². The van der Waals surface area contributed by atoms with Gasteiger partial charge >= 0.3 is 0 Å². The van der Waals surface area contributed by atoms with Crippen molar-refractivity contribution in [3.05, 3.63) is 18.3 Å². The molecular weight excluding hydrogens is 226 g/mol. The lowest BCUT2D eigenvalue weighted by Crippen LogP contribution is -2.38. The fraction of sp³-hybridized carbons (Fsp3) is 0.500. The standard InChI is InChI=1S/C10H17N3O2S/c1-10(2,16(3,14)15)7-13-9-8(11)5-4-6-12-9/h4-6H,7,11H2,1-3H3,(H,12,13). The van der Waals surface area contributed by atoms with Crippen LogP contribution in [0.2, 0.25) is 0 Å². The number of hydrogen-bond acceptors (Lipinski definition) is 5. The molecule has 16 heavy (non-hydrogen) atoms. The third kappa shape index (κ3) is 2.85. The van der Waals surface area contributed by atoms with Crippen LogP contribution in [0.25, 0.3) is 0 Å². The monoisotopic (exact) mass is 243 g/mol. The molecule has 0 aliphatic carbocycles. The fourth-order valence-corrected chi connectivity index (χ4v) is 1.33. The van der Waals surface area contributed by atoms with E-state index in [0.29, 0.717) is 11.5 Å². The molecule has 1 heterocycles. The summed E-state index contributed by atoms with van der Waals surface area (Å²) < 4.78 is 22.1. The molecule has 0 atom stereocenters. The molecule has 0 radical (unpaired) electrons. The minimum Gasteiger partial charge on any atom is -0.396 e. The van der Waals surface area contributed by atoms with Gasteiger partial charge in [-0.1, -0.05) is 0 Å². The van der Waals surface area contributed by atoms with Crippen LogP contribution in [0.3, 0.4) is 0 Å². The van der Waals surface area contributed by atoms with E-state index in [9.17, 15) is 8.42 Å². The Morgan fingerprint density at radius 1 is 1.50 bits per heavy atom. The maximum absolute atomic E-state index is 11.5. The van der Waals surface area contributed by atoms with E-state index in [1.807, 2.05) is 0 Å². The number of aromatic nitrogens is 1. The number of sulfone groups is 1. The number of rotatable bonds is 4. The topological polar surface area (TPSA) is 85.1 Å². The second-order valence-electron chi connectivity index (χ2n) is 4.33. The Bertz CT molecular complexity index is 469. The van der Waals surface area contributed by atoms with E-state index in [-0.39, 0.29) is 6.54 Å². The second kappa shape index (κ2) is 4.29. The van der Waals surface area contributed by atoms with Crippen LogP contribution in [0, 0.1) is 0 Å². The Kier molecular flexibility index (Phi) is 3.42. The molecule has 0 spiro atoms. The van der Waals surface area contributed by atoms with E-state index >= 15 is 0 Å². The van der Waals surface area contributed by atoms with Crippen LogP contribution in [0.15, 0.2) is 18.3 Å². The highest BCUT2D eigenvalue weighted by molar-refractivity contribution is 7.92. The summed E-state index contributed by atoms with van der Waals surface area (Å²) in [7, 11) is -3.12. The van der Waals surface area contributed by atoms with Crippen molar-refractivity contribution in [1.82, 2.24) is 4.98 Å². The molecule has 5 nitrogen and oxygen atoms in total. The zero-order valence-electron chi connectivity index (χ0n) is 9.69. The summed E-state index contributed by atoms with van der Waals surface area (Å²) in [6, 6.07) is 3.44. The van der Waals surface area contributed by atoms with Gasteiger partial charge in [-0.05, 0) is 26.0 Å². The van der Waals surface area contributed by atoms with Crippen molar-refractivity contribution in [3.63, 3.8) is 0 Å². The SMILES string of the molecule is CC(C)(CNc1ncccc1N)S(C)(=O)=O. The molecular formula is C10H17N3O2S. The minimum atomic E-state index is -3.12. The summed E-state index contributed by atoms with van der Waals surface area (Å²) in [5.74, 6) is 0.513.